The summed E-state index contributed by atoms with van der Waals surface area (Å²) in [6.45, 7) is 10.1. The van der Waals surface area contributed by atoms with E-state index in [1.165, 1.54) is 0 Å². The van der Waals surface area contributed by atoms with Crippen molar-refractivity contribution >= 4 is 46.9 Å². The first kappa shape index (κ1) is 37.6. The number of amides is 2. The maximum atomic E-state index is 12.5. The zero-order chi connectivity index (χ0) is 37.1. The lowest BCUT2D eigenvalue weighted by Crippen LogP contribution is -2.42. The number of likely N-dealkylation sites (tertiary alicyclic amines) is 1. The molecule has 15 nitrogen and oxygen atoms in total. The molecule has 5 N–H and O–H groups in total. The van der Waals surface area contributed by atoms with Crippen molar-refractivity contribution in [1.82, 2.24) is 35.1 Å². The number of carbonyl (C=O) groups is 3. The Hall–Kier alpha value is -5.70. The van der Waals surface area contributed by atoms with Crippen LogP contribution in [0.2, 0.25) is 0 Å². The number of hydrogen-bond donors (Lipinski definition) is 5. The number of ether oxygens (including phenoxy) is 1. The molecule has 2 amide bonds. The van der Waals surface area contributed by atoms with Crippen LogP contribution in [0, 0.1) is 18.8 Å². The lowest BCUT2D eigenvalue weighted by molar-refractivity contribution is -0.143. The number of rotatable bonds is 8. The van der Waals surface area contributed by atoms with E-state index in [0.717, 1.165) is 43.0 Å². The van der Waals surface area contributed by atoms with Gasteiger partial charge >= 0.3 is 12.1 Å². The molecular formula is C37H46N10O5. The number of aromatic nitrogens is 5. The minimum atomic E-state index is -0.774. The minimum Gasteiger partial charge on any atom is -0.481 e. The molecule has 0 spiro atoms. The Labute approximate surface area is 303 Å². The molecule has 5 heterocycles. The van der Waals surface area contributed by atoms with Crippen molar-refractivity contribution in [3.63, 3.8) is 0 Å². The van der Waals surface area contributed by atoms with Gasteiger partial charge in [-0.05, 0) is 115 Å². The number of anilines is 5. The van der Waals surface area contributed by atoms with Crippen molar-refractivity contribution in [3.8, 4) is 11.5 Å². The fraction of sp³-hybridized carbons (Fsp3) is 0.405. The van der Waals surface area contributed by atoms with Crippen LogP contribution >= 0.6 is 0 Å². The summed E-state index contributed by atoms with van der Waals surface area (Å²) in [6.07, 6.45) is 5.74. The molecule has 52 heavy (non-hydrogen) atoms. The van der Waals surface area contributed by atoms with Gasteiger partial charge in [-0.2, -0.15) is 4.98 Å². The summed E-state index contributed by atoms with van der Waals surface area (Å²) in [5.41, 5.74) is 2.68. The number of pyridine rings is 1. The van der Waals surface area contributed by atoms with Crippen LogP contribution in [0.5, 0.6) is 0 Å². The molecule has 2 saturated heterocycles. The van der Waals surface area contributed by atoms with Crippen molar-refractivity contribution in [2.24, 2.45) is 11.8 Å². The molecule has 0 unspecified atom stereocenters. The summed E-state index contributed by atoms with van der Waals surface area (Å²) < 4.78 is 5.21. The molecule has 15 heteroatoms. The third-order valence-corrected chi connectivity index (χ3v) is 8.30. The average Bonchev–Trinajstić information content (AvgIpc) is 3.13. The molecule has 3 aromatic heterocycles. The smallest absolute Gasteiger partial charge is 0.410 e. The van der Waals surface area contributed by atoms with Crippen LogP contribution in [-0.4, -0.2) is 84.7 Å². The SMILES string of the molecule is CC(C)(C)OC(=O)N1CCC(C(=O)O)CC1.Cc1cccc(-c2nccc(Nc3ccnc(Nc4ccc(NC(=O)C5CCNCC5)cc4)n3)n2)n1. The summed E-state index contributed by atoms with van der Waals surface area (Å²) in [7, 11) is 0. The number of piperidine rings is 2. The molecule has 4 aromatic rings. The van der Waals surface area contributed by atoms with Crippen LogP contribution in [0.4, 0.5) is 33.8 Å². The number of benzene rings is 1. The zero-order valence-corrected chi connectivity index (χ0v) is 29.9. The zero-order valence-electron chi connectivity index (χ0n) is 29.9. The normalized spacial score (nSPS) is 15.1. The summed E-state index contributed by atoms with van der Waals surface area (Å²) in [5, 5.41) is 21.5. The van der Waals surface area contributed by atoms with Crippen LogP contribution in [-0.2, 0) is 14.3 Å². The van der Waals surface area contributed by atoms with Gasteiger partial charge in [0.25, 0.3) is 0 Å². The summed E-state index contributed by atoms with van der Waals surface area (Å²) >= 11 is 0. The third-order valence-electron chi connectivity index (χ3n) is 8.30. The van der Waals surface area contributed by atoms with Gasteiger partial charge in [-0.25, -0.2) is 24.7 Å². The molecule has 0 saturated carbocycles. The van der Waals surface area contributed by atoms with E-state index in [1.54, 1.807) is 29.4 Å². The number of carboxylic acids is 1. The number of carbonyl (C=O) groups excluding carboxylic acids is 2. The molecule has 0 aliphatic carbocycles. The highest BCUT2D eigenvalue weighted by Crippen LogP contribution is 2.22. The number of hydrogen-bond acceptors (Lipinski definition) is 12. The highest BCUT2D eigenvalue weighted by atomic mass is 16.6. The Kier molecular flexibility index (Phi) is 12.6. The van der Waals surface area contributed by atoms with E-state index < -0.39 is 11.6 Å². The summed E-state index contributed by atoms with van der Waals surface area (Å²) in [4.78, 5) is 58.6. The lowest BCUT2D eigenvalue weighted by Gasteiger charge is -2.32. The van der Waals surface area contributed by atoms with E-state index in [2.05, 4.69) is 46.2 Å². The standard InChI is InChI=1S/C26H27N9O.C11H19NO4/c1-17-3-2-4-21(30-17)24-28-15-11-22(34-24)33-23-12-16-29-26(35-23)32-20-7-5-19(6-8-20)31-25(36)18-9-13-27-14-10-18;1-11(2,3)16-10(15)12-6-4-8(5-7-12)9(13)14/h2-8,11-12,15-16,18,27H,9-10,13-14H2,1H3,(H,31,36)(H2,28,29,32,33,34,35);8H,4-7H2,1-3H3,(H,13,14). The van der Waals surface area contributed by atoms with E-state index in [1.807, 2.05) is 70.2 Å². The predicted octanol–water partition coefficient (Wildman–Crippen LogP) is 5.78. The second-order valence-electron chi connectivity index (χ2n) is 13.6. The quantitative estimate of drug-likeness (QED) is 0.148. The van der Waals surface area contributed by atoms with Crippen LogP contribution in [0.15, 0.2) is 67.0 Å². The van der Waals surface area contributed by atoms with Crippen molar-refractivity contribution in [3.05, 3.63) is 72.7 Å². The van der Waals surface area contributed by atoms with Crippen molar-refractivity contribution in [1.29, 1.82) is 0 Å². The molecular weight excluding hydrogens is 664 g/mol. The Morgan fingerprint density at radius 1 is 0.808 bits per heavy atom. The van der Waals surface area contributed by atoms with Crippen molar-refractivity contribution in [2.75, 3.05) is 42.1 Å². The van der Waals surface area contributed by atoms with Gasteiger partial charge in [-0.15, -0.1) is 0 Å². The first-order valence-corrected chi connectivity index (χ1v) is 17.4. The number of carboxylic acid groups (broad SMARTS) is 1. The molecule has 2 fully saturated rings. The van der Waals surface area contributed by atoms with E-state index >= 15 is 0 Å². The molecule has 0 radical (unpaired) electrons. The second-order valence-corrected chi connectivity index (χ2v) is 13.6. The fourth-order valence-electron chi connectivity index (χ4n) is 5.57. The van der Waals surface area contributed by atoms with Gasteiger partial charge in [0.05, 0.1) is 5.92 Å². The molecule has 2 aliphatic heterocycles. The van der Waals surface area contributed by atoms with Crippen molar-refractivity contribution in [2.45, 2.75) is 59.0 Å². The van der Waals surface area contributed by atoms with Crippen molar-refractivity contribution < 1.29 is 24.2 Å². The van der Waals surface area contributed by atoms with Gasteiger partial charge < -0.3 is 36.0 Å². The molecule has 1 aromatic carbocycles. The van der Waals surface area contributed by atoms with Gasteiger partial charge in [0.15, 0.2) is 5.82 Å². The number of nitrogens with one attached hydrogen (secondary N) is 4. The predicted molar refractivity (Wildman–Crippen MR) is 197 cm³/mol. The molecule has 2 aliphatic rings. The van der Waals surface area contributed by atoms with E-state index in [-0.39, 0.29) is 23.8 Å². The monoisotopic (exact) mass is 710 g/mol. The summed E-state index contributed by atoms with van der Waals surface area (Å²) in [6, 6.07) is 16.8. The second kappa shape index (κ2) is 17.5. The maximum Gasteiger partial charge on any atom is 0.410 e. The van der Waals surface area contributed by atoms with Crippen LogP contribution in [0.1, 0.15) is 52.1 Å². The average molecular weight is 711 g/mol. The highest BCUT2D eigenvalue weighted by Gasteiger charge is 2.29. The van der Waals surface area contributed by atoms with Crippen LogP contribution in [0.3, 0.4) is 0 Å². The van der Waals surface area contributed by atoms with Crippen LogP contribution in [0.25, 0.3) is 11.5 Å². The van der Waals surface area contributed by atoms with E-state index in [0.29, 0.717) is 55.0 Å². The summed E-state index contributed by atoms with van der Waals surface area (Å²) in [5.74, 6) is 1.19. The lowest BCUT2D eigenvalue weighted by atomic mass is 9.97. The highest BCUT2D eigenvalue weighted by molar-refractivity contribution is 5.92. The Balaban J connectivity index is 0.000000275. The Bertz CT molecular complexity index is 1820. The largest absolute Gasteiger partial charge is 0.481 e. The third kappa shape index (κ3) is 11.4. The maximum absolute atomic E-state index is 12.5. The van der Waals surface area contributed by atoms with Gasteiger partial charge in [-0.1, -0.05) is 6.07 Å². The van der Waals surface area contributed by atoms with E-state index in [9.17, 15) is 14.4 Å². The Morgan fingerprint density at radius 2 is 1.46 bits per heavy atom. The number of nitrogens with zero attached hydrogens (tertiary/aromatic N) is 6. The molecule has 0 bridgehead atoms. The van der Waals surface area contributed by atoms with Gasteiger partial charge in [0.2, 0.25) is 11.9 Å². The van der Waals surface area contributed by atoms with Gasteiger partial charge in [0, 0.05) is 48.5 Å². The van der Waals surface area contributed by atoms with Crippen LogP contribution < -0.4 is 21.3 Å². The number of aliphatic carboxylic acids is 1. The Morgan fingerprint density at radius 3 is 2.12 bits per heavy atom. The first-order chi connectivity index (χ1) is 24.9. The first-order valence-electron chi connectivity index (χ1n) is 17.4. The molecule has 6 rings (SSSR count). The molecule has 0 atom stereocenters. The topological polar surface area (TPSA) is 196 Å². The van der Waals surface area contributed by atoms with Gasteiger partial charge in [0.1, 0.15) is 22.9 Å². The fourth-order valence-corrected chi connectivity index (χ4v) is 5.57. The van der Waals surface area contributed by atoms with Gasteiger partial charge in [-0.3, -0.25) is 9.59 Å². The molecule has 274 valence electrons. The minimum absolute atomic E-state index is 0.0618. The number of aryl methyl sites for hydroxylation is 1. The van der Waals surface area contributed by atoms with E-state index in [4.69, 9.17) is 9.84 Å².